The van der Waals surface area contributed by atoms with Crippen molar-refractivity contribution in [3.8, 4) is 16.9 Å². The van der Waals surface area contributed by atoms with Crippen LogP contribution in [0.4, 0.5) is 17.6 Å². The maximum absolute atomic E-state index is 14.2. The Labute approximate surface area is 126 Å². The van der Waals surface area contributed by atoms with Crippen molar-refractivity contribution in [1.29, 1.82) is 0 Å². The second kappa shape index (κ2) is 7.29. The van der Waals surface area contributed by atoms with Gasteiger partial charge in [-0.3, -0.25) is 0 Å². The summed E-state index contributed by atoms with van der Waals surface area (Å²) in [5, 5.41) is 0. The summed E-state index contributed by atoms with van der Waals surface area (Å²) in [5.74, 6) is -1.80. The molecule has 1 nitrogen and oxygen atoms in total. The summed E-state index contributed by atoms with van der Waals surface area (Å²) in [5.41, 5.74) is 0.849. The van der Waals surface area contributed by atoms with E-state index in [0.29, 0.717) is 17.5 Å². The molecule has 118 valence electrons. The van der Waals surface area contributed by atoms with Gasteiger partial charge in [-0.15, -0.1) is 0 Å². The van der Waals surface area contributed by atoms with E-state index in [4.69, 9.17) is 0 Å². The zero-order chi connectivity index (χ0) is 16.1. The number of halogens is 4. The number of ether oxygens (including phenoxy) is 1. The second-order valence-electron chi connectivity index (χ2n) is 4.91. The molecule has 0 spiro atoms. The van der Waals surface area contributed by atoms with E-state index >= 15 is 0 Å². The summed E-state index contributed by atoms with van der Waals surface area (Å²) in [7, 11) is 0. The Morgan fingerprint density at radius 3 is 2.23 bits per heavy atom. The average Bonchev–Trinajstić information content (AvgIpc) is 2.49. The Bertz CT molecular complexity index is 623. The molecule has 0 aliphatic carbocycles. The number of hydrogen-bond donors (Lipinski definition) is 0. The van der Waals surface area contributed by atoms with Gasteiger partial charge >= 0.3 is 6.61 Å². The fraction of sp³-hybridized carbons (Fsp3) is 0.294. The van der Waals surface area contributed by atoms with Crippen molar-refractivity contribution in [3.63, 3.8) is 0 Å². The average molecular weight is 312 g/mol. The highest BCUT2D eigenvalue weighted by atomic mass is 19.3. The molecule has 2 rings (SSSR count). The van der Waals surface area contributed by atoms with E-state index in [1.54, 1.807) is 6.07 Å². The van der Waals surface area contributed by atoms with Crippen LogP contribution in [-0.4, -0.2) is 6.61 Å². The summed E-state index contributed by atoms with van der Waals surface area (Å²) in [6.07, 6.45) is 2.17. The van der Waals surface area contributed by atoms with E-state index in [0.717, 1.165) is 12.8 Å². The first-order valence-corrected chi connectivity index (χ1v) is 7.05. The number of rotatable bonds is 6. The molecule has 2 aromatic rings. The Morgan fingerprint density at radius 1 is 0.955 bits per heavy atom. The molecule has 0 aliphatic heterocycles. The molecular weight excluding hydrogens is 296 g/mol. The van der Waals surface area contributed by atoms with Gasteiger partial charge in [-0.1, -0.05) is 37.6 Å². The monoisotopic (exact) mass is 312 g/mol. The van der Waals surface area contributed by atoms with Crippen molar-refractivity contribution in [2.45, 2.75) is 32.8 Å². The van der Waals surface area contributed by atoms with E-state index in [-0.39, 0.29) is 11.3 Å². The van der Waals surface area contributed by atoms with Crippen molar-refractivity contribution < 1.29 is 22.3 Å². The molecule has 0 atom stereocenters. The zero-order valence-corrected chi connectivity index (χ0v) is 12.1. The molecule has 0 bridgehead atoms. The smallest absolute Gasteiger partial charge is 0.387 e. The lowest BCUT2D eigenvalue weighted by molar-refractivity contribution is -0.0498. The first-order valence-electron chi connectivity index (χ1n) is 7.05. The topological polar surface area (TPSA) is 9.23 Å². The van der Waals surface area contributed by atoms with Crippen molar-refractivity contribution in [2.75, 3.05) is 0 Å². The van der Waals surface area contributed by atoms with Crippen LogP contribution in [0.25, 0.3) is 11.1 Å². The van der Waals surface area contributed by atoms with Gasteiger partial charge in [0.25, 0.3) is 0 Å². The molecule has 0 heterocycles. The third-order valence-electron chi connectivity index (χ3n) is 3.35. The SMILES string of the molecule is CCCCc1ccc(-c2ccc(OC(F)F)cc2)c(F)c1F. The van der Waals surface area contributed by atoms with Crippen LogP contribution in [-0.2, 0) is 6.42 Å². The van der Waals surface area contributed by atoms with Gasteiger partial charge in [-0.2, -0.15) is 8.78 Å². The minimum absolute atomic E-state index is 0.0285. The summed E-state index contributed by atoms with van der Waals surface area (Å²) in [6.45, 7) is -0.941. The van der Waals surface area contributed by atoms with Crippen LogP contribution >= 0.6 is 0 Å². The van der Waals surface area contributed by atoms with Crippen molar-refractivity contribution in [1.82, 2.24) is 0 Å². The van der Waals surface area contributed by atoms with Crippen molar-refractivity contribution >= 4 is 0 Å². The molecular formula is C17H16F4O. The highest BCUT2D eigenvalue weighted by Crippen LogP contribution is 2.28. The fourth-order valence-corrected chi connectivity index (χ4v) is 2.19. The summed E-state index contributed by atoms with van der Waals surface area (Å²) >= 11 is 0. The van der Waals surface area contributed by atoms with Gasteiger partial charge in [0, 0.05) is 5.56 Å². The largest absolute Gasteiger partial charge is 0.435 e. The Kier molecular flexibility index (Phi) is 5.41. The summed E-state index contributed by atoms with van der Waals surface area (Å²) in [4.78, 5) is 0. The van der Waals surface area contributed by atoms with Gasteiger partial charge in [0.15, 0.2) is 11.6 Å². The third kappa shape index (κ3) is 3.78. The third-order valence-corrected chi connectivity index (χ3v) is 3.35. The predicted molar refractivity (Wildman–Crippen MR) is 77.0 cm³/mol. The van der Waals surface area contributed by atoms with Crippen molar-refractivity contribution in [3.05, 3.63) is 53.6 Å². The molecule has 0 unspecified atom stereocenters. The van der Waals surface area contributed by atoms with Crippen LogP contribution < -0.4 is 4.74 Å². The van der Waals surface area contributed by atoms with Crippen molar-refractivity contribution in [2.24, 2.45) is 0 Å². The molecule has 0 saturated carbocycles. The highest BCUT2D eigenvalue weighted by molar-refractivity contribution is 5.65. The molecule has 0 fully saturated rings. The number of unbranched alkanes of at least 4 members (excludes halogenated alkanes) is 1. The highest BCUT2D eigenvalue weighted by Gasteiger charge is 2.14. The molecule has 0 saturated heterocycles. The van der Waals surface area contributed by atoms with Crippen LogP contribution in [0.1, 0.15) is 25.3 Å². The number of hydrogen-bond acceptors (Lipinski definition) is 1. The van der Waals surface area contributed by atoms with Gasteiger partial charge in [0.1, 0.15) is 5.75 Å². The summed E-state index contributed by atoms with van der Waals surface area (Å²) in [6, 6.07) is 8.50. The number of aryl methyl sites for hydroxylation is 1. The minimum atomic E-state index is -2.92. The molecule has 0 amide bonds. The van der Waals surface area contributed by atoms with Crippen LogP contribution in [0.15, 0.2) is 36.4 Å². The van der Waals surface area contributed by atoms with E-state index in [1.165, 1.54) is 30.3 Å². The normalized spacial score (nSPS) is 11.0. The second-order valence-corrected chi connectivity index (χ2v) is 4.91. The van der Waals surface area contributed by atoms with Crippen LogP contribution in [0.5, 0.6) is 5.75 Å². The molecule has 2 aromatic carbocycles. The molecule has 0 radical (unpaired) electrons. The van der Waals surface area contributed by atoms with Gasteiger partial charge in [-0.25, -0.2) is 8.78 Å². The van der Waals surface area contributed by atoms with Crippen LogP contribution in [0.2, 0.25) is 0 Å². The first-order chi connectivity index (χ1) is 10.5. The lowest BCUT2D eigenvalue weighted by Crippen LogP contribution is -2.01. The summed E-state index contributed by atoms with van der Waals surface area (Å²) < 4.78 is 56.6. The Morgan fingerprint density at radius 2 is 1.64 bits per heavy atom. The molecule has 0 aliphatic rings. The van der Waals surface area contributed by atoms with E-state index in [1.807, 2.05) is 6.92 Å². The quantitative estimate of drug-likeness (QED) is 0.633. The van der Waals surface area contributed by atoms with Gasteiger partial charge in [0.05, 0.1) is 0 Å². The Balaban J connectivity index is 2.27. The molecule has 5 heteroatoms. The van der Waals surface area contributed by atoms with E-state index < -0.39 is 18.2 Å². The minimum Gasteiger partial charge on any atom is -0.435 e. The number of alkyl halides is 2. The lowest BCUT2D eigenvalue weighted by atomic mass is 10.00. The van der Waals surface area contributed by atoms with E-state index in [9.17, 15) is 17.6 Å². The molecule has 22 heavy (non-hydrogen) atoms. The van der Waals surface area contributed by atoms with E-state index in [2.05, 4.69) is 4.74 Å². The van der Waals surface area contributed by atoms with Gasteiger partial charge < -0.3 is 4.74 Å². The van der Waals surface area contributed by atoms with Crippen LogP contribution in [0, 0.1) is 11.6 Å². The maximum Gasteiger partial charge on any atom is 0.387 e. The lowest BCUT2D eigenvalue weighted by Gasteiger charge is -2.10. The zero-order valence-electron chi connectivity index (χ0n) is 12.1. The maximum atomic E-state index is 14.2. The predicted octanol–water partition coefficient (Wildman–Crippen LogP) is 5.58. The molecule has 0 N–H and O–H groups in total. The van der Waals surface area contributed by atoms with Gasteiger partial charge in [-0.05, 0) is 36.1 Å². The Hall–Kier alpha value is -2.04. The number of benzene rings is 2. The van der Waals surface area contributed by atoms with Crippen LogP contribution in [0.3, 0.4) is 0 Å². The van der Waals surface area contributed by atoms with Gasteiger partial charge in [0.2, 0.25) is 0 Å². The molecule has 0 aromatic heterocycles. The standard InChI is InChI=1S/C17H16F4O/c1-2-3-4-12-7-10-14(16(19)15(12)18)11-5-8-13(9-6-11)22-17(20)21/h5-10,17H,2-4H2,1H3. The fourth-order valence-electron chi connectivity index (χ4n) is 2.19. The first kappa shape index (κ1) is 16.3.